The largest absolute Gasteiger partial charge is 0.318 e. The van der Waals surface area contributed by atoms with Crippen LogP contribution in [0.5, 0.6) is 0 Å². The normalized spacial score (nSPS) is 11.5. The topological polar surface area (TPSA) is 83.8 Å². The lowest BCUT2D eigenvalue weighted by molar-refractivity contribution is 0.0955. The fourth-order valence-corrected chi connectivity index (χ4v) is 6.76. The molecule has 0 aliphatic heterocycles. The molecule has 5 rings (SSSR count). The molecule has 4 aromatic carbocycles. The molecule has 0 atom stereocenters. The van der Waals surface area contributed by atoms with E-state index in [0.717, 1.165) is 28.2 Å². The lowest BCUT2D eigenvalue weighted by Gasteiger charge is -2.26. The summed E-state index contributed by atoms with van der Waals surface area (Å²) in [4.78, 5) is 13.6. The summed E-state index contributed by atoms with van der Waals surface area (Å²) in [5.41, 5.74) is 10.2. The first-order chi connectivity index (χ1) is 20.6. The lowest BCUT2D eigenvalue weighted by atomic mass is 10.1. The summed E-state index contributed by atoms with van der Waals surface area (Å²) in [5.74, 6) is -0.517. The molecule has 218 valence electrons. The maximum atomic E-state index is 13.9. The number of sulfonamides is 1. The number of hydrogen-bond acceptors (Lipinski definition) is 4. The Labute approximate surface area is 253 Å². The minimum absolute atomic E-state index is 0.0516. The van der Waals surface area contributed by atoms with Crippen LogP contribution in [-0.2, 0) is 16.6 Å². The third-order valence-corrected chi connectivity index (χ3v) is 9.00. The van der Waals surface area contributed by atoms with E-state index in [9.17, 15) is 13.2 Å². The average molecular weight is 591 g/mol. The summed E-state index contributed by atoms with van der Waals surface area (Å²) in [5, 5.41) is 4.26. The zero-order valence-electron chi connectivity index (χ0n) is 24.7. The first kappa shape index (κ1) is 29.5. The second-order valence-electron chi connectivity index (χ2n) is 10.5. The van der Waals surface area contributed by atoms with Crippen molar-refractivity contribution in [2.24, 2.45) is 5.10 Å². The van der Waals surface area contributed by atoms with Crippen molar-refractivity contribution in [2.45, 2.75) is 39.1 Å². The molecule has 0 bridgehead atoms. The molecular weight excluding hydrogens is 556 g/mol. The van der Waals surface area contributed by atoms with Crippen molar-refractivity contribution in [1.29, 1.82) is 0 Å². The zero-order valence-corrected chi connectivity index (χ0v) is 25.5. The molecule has 0 saturated heterocycles. The van der Waals surface area contributed by atoms with Gasteiger partial charge < -0.3 is 4.57 Å². The highest BCUT2D eigenvalue weighted by atomic mass is 32.2. The van der Waals surface area contributed by atoms with Crippen LogP contribution in [0.3, 0.4) is 0 Å². The van der Waals surface area contributed by atoms with Gasteiger partial charge in [0.1, 0.15) is 0 Å². The number of para-hydroxylation sites is 1. The third kappa shape index (κ3) is 6.44. The monoisotopic (exact) mass is 590 g/mol. The van der Waals surface area contributed by atoms with Crippen molar-refractivity contribution in [3.05, 3.63) is 148 Å². The van der Waals surface area contributed by atoms with Crippen LogP contribution in [0.25, 0.3) is 5.69 Å². The van der Waals surface area contributed by atoms with E-state index >= 15 is 0 Å². The Hall–Kier alpha value is -4.95. The number of aromatic nitrogens is 1. The number of anilines is 1. The molecule has 1 heterocycles. The van der Waals surface area contributed by atoms with Gasteiger partial charge in [-0.3, -0.25) is 9.10 Å². The second-order valence-corrected chi connectivity index (χ2v) is 12.4. The predicted molar refractivity (Wildman–Crippen MR) is 172 cm³/mol. The van der Waals surface area contributed by atoms with Gasteiger partial charge in [0.15, 0.2) is 0 Å². The Balaban J connectivity index is 1.45. The maximum Gasteiger partial charge on any atom is 0.273 e. The maximum absolute atomic E-state index is 13.9. The number of nitrogens with zero attached hydrogens (tertiary/aromatic N) is 3. The number of benzene rings is 4. The van der Waals surface area contributed by atoms with Gasteiger partial charge in [0.25, 0.3) is 15.9 Å². The molecule has 0 spiro atoms. The highest BCUT2D eigenvalue weighted by Crippen LogP contribution is 2.29. The number of amides is 1. The van der Waals surface area contributed by atoms with E-state index in [0.29, 0.717) is 0 Å². The van der Waals surface area contributed by atoms with E-state index in [4.69, 9.17) is 0 Å². The SMILES string of the molecule is Cc1cc(C)cc(-n2c(C)cc(/C=N/NC(=O)c3ccccc3N(Cc3ccccc3)S(=O)(=O)c3ccccc3)c2C)c1. The van der Waals surface area contributed by atoms with Crippen LogP contribution in [0.15, 0.2) is 119 Å². The highest BCUT2D eigenvalue weighted by molar-refractivity contribution is 7.92. The summed E-state index contributed by atoms with van der Waals surface area (Å²) >= 11 is 0. The van der Waals surface area contributed by atoms with Crippen LogP contribution in [0.1, 0.15) is 44.0 Å². The molecule has 0 fully saturated rings. The first-order valence-corrected chi connectivity index (χ1v) is 15.4. The Morgan fingerprint density at radius 3 is 2.09 bits per heavy atom. The minimum atomic E-state index is -4.00. The van der Waals surface area contributed by atoms with Gasteiger partial charge in [0, 0.05) is 22.6 Å². The molecule has 43 heavy (non-hydrogen) atoms. The standard InChI is InChI=1S/C35H34N4O3S/c1-25-19-26(2)21-31(20-25)39-27(3)22-30(28(39)4)23-36-37-35(40)33-17-11-12-18-34(33)38(24-29-13-7-5-8-14-29)43(41,42)32-15-9-6-10-16-32/h5-23H,24H2,1-4H3,(H,37,40)/b36-23+. The number of nitrogens with one attached hydrogen (secondary N) is 1. The summed E-state index contributed by atoms with van der Waals surface area (Å²) in [7, 11) is -4.00. The predicted octanol–water partition coefficient (Wildman–Crippen LogP) is 6.87. The smallest absolute Gasteiger partial charge is 0.273 e. The fraction of sp³-hybridized carbons (Fsp3) is 0.143. The molecule has 1 amide bonds. The Morgan fingerprint density at radius 2 is 1.42 bits per heavy atom. The van der Waals surface area contributed by atoms with E-state index in [-0.39, 0.29) is 22.7 Å². The molecule has 5 aromatic rings. The number of carbonyl (C=O) groups excluding carboxylic acids is 1. The van der Waals surface area contributed by atoms with Gasteiger partial charge in [0.2, 0.25) is 0 Å². The van der Waals surface area contributed by atoms with Gasteiger partial charge in [-0.05, 0) is 86.8 Å². The van der Waals surface area contributed by atoms with E-state index in [1.165, 1.54) is 15.4 Å². The lowest BCUT2D eigenvalue weighted by Crippen LogP contribution is -2.33. The number of rotatable bonds is 9. The Morgan fingerprint density at radius 1 is 0.814 bits per heavy atom. The zero-order chi connectivity index (χ0) is 30.6. The van der Waals surface area contributed by atoms with Crippen LogP contribution < -0.4 is 9.73 Å². The van der Waals surface area contributed by atoms with Crippen LogP contribution in [0, 0.1) is 27.7 Å². The summed E-state index contributed by atoms with van der Waals surface area (Å²) in [6, 6.07) is 32.6. The van der Waals surface area contributed by atoms with E-state index in [1.54, 1.807) is 60.8 Å². The van der Waals surface area contributed by atoms with E-state index in [2.05, 4.69) is 47.1 Å². The summed E-state index contributed by atoms with van der Waals surface area (Å²) in [6.45, 7) is 8.25. The number of aryl methyl sites for hydroxylation is 3. The average Bonchev–Trinajstić information content (AvgIpc) is 3.28. The highest BCUT2D eigenvalue weighted by Gasteiger charge is 2.28. The molecule has 8 heteroatoms. The van der Waals surface area contributed by atoms with Gasteiger partial charge in [-0.25, -0.2) is 13.8 Å². The van der Waals surface area contributed by atoms with Crippen LogP contribution in [0.2, 0.25) is 0 Å². The molecule has 1 N–H and O–H groups in total. The second kappa shape index (κ2) is 12.5. The van der Waals surface area contributed by atoms with Crippen molar-refractivity contribution >= 4 is 27.8 Å². The van der Waals surface area contributed by atoms with Gasteiger partial charge in [-0.15, -0.1) is 0 Å². The molecule has 0 unspecified atom stereocenters. The fourth-order valence-electron chi connectivity index (χ4n) is 5.27. The molecule has 7 nitrogen and oxygen atoms in total. The quantitative estimate of drug-likeness (QED) is 0.150. The molecule has 0 saturated carbocycles. The van der Waals surface area contributed by atoms with Crippen molar-refractivity contribution in [1.82, 2.24) is 9.99 Å². The van der Waals surface area contributed by atoms with Gasteiger partial charge in [-0.2, -0.15) is 5.10 Å². The van der Waals surface area contributed by atoms with E-state index < -0.39 is 15.9 Å². The molecule has 1 aromatic heterocycles. The van der Waals surface area contributed by atoms with Crippen LogP contribution in [-0.4, -0.2) is 25.1 Å². The third-order valence-electron chi connectivity index (χ3n) is 7.22. The first-order valence-electron chi connectivity index (χ1n) is 14.0. The molecule has 0 aliphatic rings. The Bertz CT molecular complexity index is 1880. The van der Waals surface area contributed by atoms with Crippen molar-refractivity contribution in [2.75, 3.05) is 4.31 Å². The van der Waals surface area contributed by atoms with E-state index in [1.807, 2.05) is 50.2 Å². The van der Waals surface area contributed by atoms with Gasteiger partial charge >= 0.3 is 0 Å². The number of hydrogen-bond donors (Lipinski definition) is 1. The van der Waals surface area contributed by atoms with Crippen molar-refractivity contribution in [3.63, 3.8) is 0 Å². The van der Waals surface area contributed by atoms with Gasteiger partial charge in [-0.1, -0.05) is 66.7 Å². The molecular formula is C35H34N4O3S. The molecule has 0 radical (unpaired) electrons. The molecule has 0 aliphatic carbocycles. The summed E-state index contributed by atoms with van der Waals surface area (Å²) < 4.78 is 31.2. The Kier molecular flexibility index (Phi) is 8.59. The van der Waals surface area contributed by atoms with Gasteiger partial charge in [0.05, 0.1) is 28.9 Å². The minimum Gasteiger partial charge on any atom is -0.318 e. The summed E-state index contributed by atoms with van der Waals surface area (Å²) in [6.07, 6.45) is 1.62. The number of carbonyl (C=O) groups is 1. The van der Waals surface area contributed by atoms with Crippen LogP contribution >= 0.6 is 0 Å². The van der Waals surface area contributed by atoms with Crippen molar-refractivity contribution < 1.29 is 13.2 Å². The van der Waals surface area contributed by atoms with Crippen LogP contribution in [0.4, 0.5) is 5.69 Å². The number of hydrazone groups is 1. The van der Waals surface area contributed by atoms with Crippen molar-refractivity contribution in [3.8, 4) is 5.69 Å².